The highest BCUT2D eigenvalue weighted by Crippen LogP contribution is 2.49. The molecule has 408 valence electrons. The van der Waals surface area contributed by atoms with Crippen LogP contribution in [-0.4, -0.2) is 6.71 Å². The largest absolute Gasteiger partial charge is 0.311 e. The van der Waals surface area contributed by atoms with E-state index in [1.165, 1.54) is 156 Å². The normalized spacial score (nSPS) is 12.2. The molecule has 13 aromatic rings. The fourth-order valence-corrected chi connectivity index (χ4v) is 14.1. The highest BCUT2D eigenvalue weighted by atomic mass is 15.2. The average Bonchev–Trinajstić information content (AvgIpc) is 0.732. The minimum atomic E-state index is -0.108. The first-order chi connectivity index (χ1) is 42.2. The second kappa shape index (κ2) is 21.6. The molecule has 2 nitrogen and oxygen atoms in total. The molecule has 2 aliphatic rings. The van der Waals surface area contributed by atoms with E-state index in [2.05, 4.69) is 336 Å². The van der Waals surface area contributed by atoms with Gasteiger partial charge in [-0.15, -0.1) is 0 Å². The lowest BCUT2D eigenvalue weighted by molar-refractivity contribution is 1.24. The minimum Gasteiger partial charge on any atom is -0.311 e. The van der Waals surface area contributed by atoms with Crippen molar-refractivity contribution in [3.8, 4) is 89.0 Å². The lowest BCUT2D eigenvalue weighted by Crippen LogP contribution is -2.61. The van der Waals surface area contributed by atoms with Gasteiger partial charge in [0.1, 0.15) is 0 Å². The predicted molar refractivity (Wildman–Crippen MR) is 368 cm³/mol. The summed E-state index contributed by atoms with van der Waals surface area (Å²) >= 11 is 0. The minimum absolute atomic E-state index is 0.108. The quantitative estimate of drug-likeness (QED) is 0.126. The Kier molecular flexibility index (Phi) is 13.2. The summed E-state index contributed by atoms with van der Waals surface area (Å²) in [6.07, 6.45) is 0. The number of hydrogen-bond acceptors (Lipinski definition) is 2. The molecule has 0 fully saturated rings. The van der Waals surface area contributed by atoms with Crippen molar-refractivity contribution in [1.29, 1.82) is 0 Å². The van der Waals surface area contributed by atoms with Crippen LogP contribution in [0.1, 0.15) is 27.8 Å². The number of hydrogen-bond donors (Lipinski definition) is 0. The van der Waals surface area contributed by atoms with Crippen LogP contribution in [0, 0.1) is 34.6 Å². The molecule has 0 spiro atoms. The summed E-state index contributed by atoms with van der Waals surface area (Å²) in [5.74, 6) is 0. The lowest BCUT2D eigenvalue weighted by atomic mass is 9.33. The summed E-state index contributed by atoms with van der Waals surface area (Å²) in [6.45, 7) is 11.3. The zero-order valence-corrected chi connectivity index (χ0v) is 49.2. The second-order valence-electron chi connectivity index (χ2n) is 23.6. The zero-order chi connectivity index (χ0) is 58.0. The van der Waals surface area contributed by atoms with Gasteiger partial charge < -0.3 is 9.80 Å². The van der Waals surface area contributed by atoms with Gasteiger partial charge in [0.15, 0.2) is 0 Å². The second-order valence-corrected chi connectivity index (χ2v) is 23.6. The van der Waals surface area contributed by atoms with Crippen molar-refractivity contribution in [3.63, 3.8) is 0 Å². The Hall–Kier alpha value is -10.5. The molecule has 0 unspecified atom stereocenters. The van der Waals surface area contributed by atoms with Gasteiger partial charge in [-0.05, 0) is 229 Å². The van der Waals surface area contributed by atoms with Crippen LogP contribution in [-0.2, 0) is 0 Å². The third kappa shape index (κ3) is 9.34. The van der Waals surface area contributed by atoms with E-state index >= 15 is 0 Å². The zero-order valence-electron chi connectivity index (χ0n) is 49.2. The van der Waals surface area contributed by atoms with Gasteiger partial charge in [-0.1, -0.05) is 231 Å². The first-order valence-electron chi connectivity index (χ1n) is 30.1. The van der Waals surface area contributed by atoms with E-state index in [9.17, 15) is 0 Å². The number of anilines is 6. The lowest BCUT2D eigenvalue weighted by Gasteiger charge is -2.45. The highest BCUT2D eigenvalue weighted by Gasteiger charge is 2.44. The molecule has 2 heterocycles. The van der Waals surface area contributed by atoms with Gasteiger partial charge in [0, 0.05) is 34.1 Å². The third-order valence-corrected chi connectivity index (χ3v) is 17.9. The molecule has 13 aromatic carbocycles. The maximum atomic E-state index is 2.61. The molecule has 2 aliphatic heterocycles. The first-order valence-corrected chi connectivity index (χ1v) is 30.1. The van der Waals surface area contributed by atoms with Crippen molar-refractivity contribution in [1.82, 2.24) is 0 Å². The number of fused-ring (bicyclic) bond motifs is 4. The van der Waals surface area contributed by atoms with Gasteiger partial charge in [0.25, 0.3) is 6.71 Å². The van der Waals surface area contributed by atoms with Crippen LogP contribution in [0.3, 0.4) is 0 Å². The van der Waals surface area contributed by atoms with Crippen molar-refractivity contribution in [2.75, 3.05) is 9.80 Å². The monoisotopic (exact) mass is 1100 g/mol. The molecule has 0 saturated heterocycles. The molecule has 0 atom stereocenters. The first kappa shape index (κ1) is 52.3. The van der Waals surface area contributed by atoms with E-state index in [1.54, 1.807) is 0 Å². The molecule has 0 aliphatic carbocycles. The molecule has 86 heavy (non-hydrogen) atoms. The van der Waals surface area contributed by atoms with Crippen LogP contribution >= 0.6 is 0 Å². The molecule has 0 N–H and O–H groups in total. The smallest absolute Gasteiger partial charge is 0.252 e. The van der Waals surface area contributed by atoms with Crippen molar-refractivity contribution in [3.05, 3.63) is 319 Å². The molecule has 0 amide bonds. The highest BCUT2D eigenvalue weighted by molar-refractivity contribution is 7.00. The van der Waals surface area contributed by atoms with Gasteiger partial charge >= 0.3 is 0 Å². The number of benzene rings is 13. The predicted octanol–water partition coefficient (Wildman–Crippen LogP) is 20.6. The topological polar surface area (TPSA) is 6.48 Å². The van der Waals surface area contributed by atoms with E-state index in [-0.39, 0.29) is 6.71 Å². The van der Waals surface area contributed by atoms with Gasteiger partial charge in [0.05, 0.1) is 0 Å². The standard InChI is InChI=1S/C83H63BN2/c1-54-40-79-83-80(41-54)86(74-50-71(63-32-20-10-21-33-63)47-72(51-74)64-34-22-11-23-35-64)78-53-66(82-57(4)44-68(45-58(82)5)60-26-14-7-15-27-60)37-39-76(78)84(83)75-38-36-65(81-55(2)42-67(43-56(81)3)59-24-12-6-13-25-59)52-77(75)85(79)73-48-69(61-28-16-8-17-29-61)46-70(49-73)62-30-18-9-19-31-62/h6-53H,1-5H3. The number of rotatable bonds is 10. The van der Waals surface area contributed by atoms with Gasteiger partial charge in [0.2, 0.25) is 0 Å². The molecule has 0 aromatic heterocycles. The van der Waals surface area contributed by atoms with Gasteiger partial charge in [-0.25, -0.2) is 0 Å². The Morgan fingerprint density at radius 3 is 0.767 bits per heavy atom. The Morgan fingerprint density at radius 1 is 0.221 bits per heavy atom. The fourth-order valence-electron chi connectivity index (χ4n) is 14.1. The molecular formula is C83H63BN2. The Bertz CT molecular complexity index is 4270. The summed E-state index contributed by atoms with van der Waals surface area (Å²) < 4.78 is 0. The van der Waals surface area contributed by atoms with E-state index in [1.807, 2.05) is 0 Å². The van der Waals surface area contributed by atoms with Crippen LogP contribution in [0.4, 0.5) is 34.1 Å². The molecule has 0 bridgehead atoms. The Labute approximate surface area is 506 Å². The average molecular weight is 1100 g/mol. The number of nitrogens with zero attached hydrogens (tertiary/aromatic N) is 2. The van der Waals surface area contributed by atoms with Crippen molar-refractivity contribution >= 4 is 57.2 Å². The van der Waals surface area contributed by atoms with E-state index in [0.29, 0.717) is 0 Å². The molecular weight excluding hydrogens is 1040 g/mol. The molecule has 3 heteroatoms. The molecule has 15 rings (SSSR count). The van der Waals surface area contributed by atoms with Crippen molar-refractivity contribution in [2.45, 2.75) is 34.6 Å². The maximum absolute atomic E-state index is 2.61. The molecule has 0 saturated carbocycles. The van der Waals surface area contributed by atoms with E-state index in [0.717, 1.165) is 11.4 Å². The van der Waals surface area contributed by atoms with Crippen LogP contribution < -0.4 is 26.2 Å². The number of aryl methyl sites for hydroxylation is 5. The van der Waals surface area contributed by atoms with E-state index < -0.39 is 0 Å². The summed E-state index contributed by atoms with van der Waals surface area (Å²) in [5, 5.41) is 0. The van der Waals surface area contributed by atoms with Crippen LogP contribution in [0.15, 0.2) is 291 Å². The van der Waals surface area contributed by atoms with Gasteiger partial charge in [-0.3, -0.25) is 0 Å². The van der Waals surface area contributed by atoms with Crippen molar-refractivity contribution in [2.24, 2.45) is 0 Å². The van der Waals surface area contributed by atoms with Crippen LogP contribution in [0.2, 0.25) is 0 Å². The van der Waals surface area contributed by atoms with E-state index in [4.69, 9.17) is 0 Å². The summed E-state index contributed by atoms with van der Waals surface area (Å²) in [7, 11) is 0. The Balaban J connectivity index is 1.02. The summed E-state index contributed by atoms with van der Waals surface area (Å²) in [6, 6.07) is 109. The van der Waals surface area contributed by atoms with Crippen LogP contribution in [0.5, 0.6) is 0 Å². The van der Waals surface area contributed by atoms with Gasteiger partial charge in [-0.2, -0.15) is 0 Å². The summed E-state index contributed by atoms with van der Waals surface area (Å²) in [5.41, 5.74) is 36.2. The van der Waals surface area contributed by atoms with Crippen LogP contribution in [0.25, 0.3) is 89.0 Å². The Morgan fingerprint density at radius 2 is 0.488 bits per heavy atom. The maximum Gasteiger partial charge on any atom is 0.252 e. The van der Waals surface area contributed by atoms with Crippen molar-refractivity contribution < 1.29 is 0 Å². The third-order valence-electron chi connectivity index (χ3n) is 17.9. The fraction of sp³-hybridized carbons (Fsp3) is 0.0602. The summed E-state index contributed by atoms with van der Waals surface area (Å²) in [4.78, 5) is 5.22. The molecule has 0 radical (unpaired) electrons. The SMILES string of the molecule is Cc1cc2c3c(c1)N(c1cc(-c4ccccc4)cc(-c4ccccc4)c1)c1cc(-c4c(C)cc(-c5ccccc5)cc4C)ccc1B3c1ccc(-c3c(C)cc(-c4ccccc4)cc3C)cc1N2c1cc(-c2ccccc2)cc(-c2ccccc2)c1.